The number of aromatic nitrogens is 4. The predicted octanol–water partition coefficient (Wildman–Crippen LogP) is 4.68. The minimum Gasteiger partial charge on any atom is -0.321 e. The Morgan fingerprint density at radius 2 is 1.79 bits per heavy atom. The van der Waals surface area contributed by atoms with Gasteiger partial charge in [0.15, 0.2) is 11.4 Å². The van der Waals surface area contributed by atoms with Crippen LogP contribution in [0, 0.1) is 6.92 Å². The number of anilines is 1. The molecule has 154 valence electrons. The van der Waals surface area contributed by atoms with Crippen LogP contribution >= 0.6 is 11.6 Å². The summed E-state index contributed by atoms with van der Waals surface area (Å²) in [6.45, 7) is 2.50. The van der Waals surface area contributed by atoms with Crippen molar-refractivity contribution in [3.8, 4) is 0 Å². The van der Waals surface area contributed by atoms with Crippen molar-refractivity contribution in [2.45, 2.75) is 51.0 Å². The maximum atomic E-state index is 13.1. The van der Waals surface area contributed by atoms with Crippen LogP contribution < -0.4 is 5.32 Å². The summed E-state index contributed by atoms with van der Waals surface area (Å²) < 4.78 is 79.3. The van der Waals surface area contributed by atoms with Gasteiger partial charge in [-0.25, -0.2) is 0 Å². The minimum absolute atomic E-state index is 0.0511. The molecule has 0 bridgehead atoms. The van der Waals surface area contributed by atoms with E-state index in [-0.39, 0.29) is 17.3 Å². The highest BCUT2D eigenvalue weighted by molar-refractivity contribution is 6.32. The second kappa shape index (κ2) is 6.68. The van der Waals surface area contributed by atoms with E-state index in [0.717, 1.165) is 4.68 Å². The number of carbonyl (C=O) groups excluding carboxylic acids is 1. The quantitative estimate of drug-likeness (QED) is 0.693. The zero-order valence-corrected chi connectivity index (χ0v) is 15.2. The lowest BCUT2D eigenvalue weighted by Crippen LogP contribution is -2.27. The van der Waals surface area contributed by atoms with Gasteiger partial charge in [0.2, 0.25) is 5.91 Å². The smallest absolute Gasteiger partial charge is 0.321 e. The van der Waals surface area contributed by atoms with E-state index in [1.165, 1.54) is 13.8 Å². The first-order valence-electron chi connectivity index (χ1n) is 8.10. The molecule has 1 atom stereocenters. The number of hydrogen-bond donors (Lipinski definition) is 2. The van der Waals surface area contributed by atoms with Crippen molar-refractivity contribution in [1.82, 2.24) is 20.0 Å². The van der Waals surface area contributed by atoms with Crippen LogP contribution in [-0.4, -0.2) is 25.9 Å². The fourth-order valence-electron chi connectivity index (χ4n) is 2.75. The van der Waals surface area contributed by atoms with Gasteiger partial charge in [-0.1, -0.05) is 11.6 Å². The Morgan fingerprint density at radius 1 is 1.21 bits per heavy atom. The first-order valence-corrected chi connectivity index (χ1v) is 8.48. The number of hydrogen-bond acceptors (Lipinski definition) is 3. The summed E-state index contributed by atoms with van der Waals surface area (Å²) in [6.07, 6.45) is -8.49. The normalized spacial score (nSPS) is 16.3. The number of halogens is 7. The van der Waals surface area contributed by atoms with Crippen molar-refractivity contribution in [2.24, 2.45) is 0 Å². The Balaban J connectivity index is 1.94. The molecule has 1 unspecified atom stereocenters. The predicted molar refractivity (Wildman–Crippen MR) is 85.9 cm³/mol. The molecule has 2 aromatic rings. The van der Waals surface area contributed by atoms with Crippen molar-refractivity contribution >= 4 is 23.2 Å². The molecule has 0 aliphatic heterocycles. The molecule has 0 spiro atoms. The monoisotopic (exact) mass is 429 g/mol. The zero-order valence-electron chi connectivity index (χ0n) is 14.5. The van der Waals surface area contributed by atoms with Crippen LogP contribution in [0.4, 0.5) is 32.0 Å². The third-order valence-electron chi connectivity index (χ3n) is 4.33. The van der Waals surface area contributed by atoms with Gasteiger partial charge in [-0.05, 0) is 26.7 Å². The van der Waals surface area contributed by atoms with Crippen LogP contribution in [0.3, 0.4) is 0 Å². The lowest BCUT2D eigenvalue weighted by Gasteiger charge is -2.16. The van der Waals surface area contributed by atoms with Crippen molar-refractivity contribution < 1.29 is 31.1 Å². The summed E-state index contributed by atoms with van der Waals surface area (Å²) >= 11 is 5.85. The van der Waals surface area contributed by atoms with E-state index in [9.17, 15) is 31.1 Å². The molecule has 0 aromatic carbocycles. The van der Waals surface area contributed by atoms with Gasteiger partial charge in [-0.2, -0.15) is 36.5 Å². The molecule has 1 aliphatic rings. The van der Waals surface area contributed by atoms with Crippen LogP contribution in [0.1, 0.15) is 54.5 Å². The molecule has 2 heterocycles. The van der Waals surface area contributed by atoms with Crippen LogP contribution in [-0.2, 0) is 17.1 Å². The van der Waals surface area contributed by atoms with Crippen molar-refractivity contribution in [3.63, 3.8) is 0 Å². The number of nitrogens with zero attached hydrogens (tertiary/aromatic N) is 3. The molecule has 0 radical (unpaired) electrons. The molecule has 2 aromatic heterocycles. The number of H-pyrrole nitrogens is 1. The number of aromatic amines is 1. The molecule has 1 fully saturated rings. The van der Waals surface area contributed by atoms with E-state index in [0.29, 0.717) is 12.8 Å². The summed E-state index contributed by atoms with van der Waals surface area (Å²) in [5.41, 5.74) is -3.25. The Morgan fingerprint density at radius 3 is 2.29 bits per heavy atom. The van der Waals surface area contributed by atoms with E-state index in [1.54, 1.807) is 0 Å². The average Bonchev–Trinajstić information content (AvgIpc) is 3.23. The van der Waals surface area contributed by atoms with Crippen LogP contribution in [0.25, 0.3) is 0 Å². The third-order valence-corrected chi connectivity index (χ3v) is 4.70. The van der Waals surface area contributed by atoms with Gasteiger partial charge in [0, 0.05) is 5.92 Å². The lowest BCUT2D eigenvalue weighted by atomic mass is 10.2. The largest absolute Gasteiger partial charge is 0.437 e. The van der Waals surface area contributed by atoms with E-state index in [4.69, 9.17) is 11.6 Å². The summed E-state index contributed by atoms with van der Waals surface area (Å²) in [5, 5.41) is 10.2. The highest BCUT2D eigenvalue weighted by Gasteiger charge is 2.44. The Bertz CT molecular complexity index is 911. The summed E-state index contributed by atoms with van der Waals surface area (Å²) in [5.74, 6) is -1.27. The second-order valence-corrected chi connectivity index (χ2v) is 6.88. The van der Waals surface area contributed by atoms with Gasteiger partial charge in [-0.15, -0.1) is 0 Å². The Labute approximate surface area is 159 Å². The number of rotatable bonds is 4. The molecule has 0 saturated heterocycles. The maximum absolute atomic E-state index is 13.1. The fourth-order valence-corrected chi connectivity index (χ4v) is 3.14. The van der Waals surface area contributed by atoms with E-state index >= 15 is 0 Å². The average molecular weight is 430 g/mol. The molecular formula is C15H14ClF6N5O. The van der Waals surface area contributed by atoms with Crippen molar-refractivity contribution in [2.75, 3.05) is 5.32 Å². The van der Waals surface area contributed by atoms with Crippen molar-refractivity contribution in [1.29, 1.82) is 0 Å². The van der Waals surface area contributed by atoms with Crippen LogP contribution in [0.15, 0.2) is 0 Å². The first kappa shape index (κ1) is 20.5. The molecule has 1 saturated carbocycles. The number of nitrogens with one attached hydrogen (secondary N) is 2. The third kappa shape index (κ3) is 3.69. The number of carbonyl (C=O) groups is 1. The lowest BCUT2D eigenvalue weighted by molar-refractivity contribution is -0.142. The molecule has 13 heteroatoms. The Hall–Kier alpha value is -2.24. The van der Waals surface area contributed by atoms with Gasteiger partial charge < -0.3 is 5.32 Å². The van der Waals surface area contributed by atoms with Crippen LogP contribution in [0.5, 0.6) is 0 Å². The number of amides is 1. The van der Waals surface area contributed by atoms with Gasteiger partial charge in [0.25, 0.3) is 0 Å². The topological polar surface area (TPSA) is 75.6 Å². The van der Waals surface area contributed by atoms with Crippen LogP contribution in [0.2, 0.25) is 5.02 Å². The maximum Gasteiger partial charge on any atom is 0.437 e. The van der Waals surface area contributed by atoms with Gasteiger partial charge in [0.05, 0.1) is 22.1 Å². The first-order chi connectivity index (χ1) is 12.8. The summed E-state index contributed by atoms with van der Waals surface area (Å²) in [6, 6.07) is -1.33. The molecule has 1 aliphatic carbocycles. The molecule has 6 nitrogen and oxygen atoms in total. The fraction of sp³-hybridized carbons (Fsp3) is 0.533. The van der Waals surface area contributed by atoms with E-state index < -0.39 is 46.4 Å². The summed E-state index contributed by atoms with van der Waals surface area (Å²) in [7, 11) is 0. The number of aryl methyl sites for hydroxylation is 1. The van der Waals surface area contributed by atoms with E-state index in [2.05, 4.69) is 20.6 Å². The minimum atomic E-state index is -4.83. The number of alkyl halides is 6. The molecular weight excluding hydrogens is 416 g/mol. The Kier molecular flexibility index (Phi) is 4.89. The SMILES string of the molecule is Cc1[nH]nc(C(F)(F)F)c1NC(=O)C(C)n1nc(C(F)(F)F)c(Cl)c1C1CC1. The standard InChI is InChI=1S/C15H14ClF6N5O/c1-5-9(12(25-24-5)15(20,21)22)23-13(28)6(2)27-10(7-3-4-7)8(16)11(26-27)14(17,18)19/h6-7H,3-4H2,1-2H3,(H,23,28)(H,24,25). The highest BCUT2D eigenvalue weighted by atomic mass is 35.5. The summed E-state index contributed by atoms with van der Waals surface area (Å²) in [4.78, 5) is 12.5. The zero-order chi connectivity index (χ0) is 21.0. The molecule has 28 heavy (non-hydrogen) atoms. The van der Waals surface area contributed by atoms with E-state index in [1.807, 2.05) is 0 Å². The highest BCUT2D eigenvalue weighted by Crippen LogP contribution is 2.47. The molecule has 1 amide bonds. The second-order valence-electron chi connectivity index (χ2n) is 6.50. The van der Waals surface area contributed by atoms with Crippen molar-refractivity contribution in [3.05, 3.63) is 27.8 Å². The van der Waals surface area contributed by atoms with Gasteiger partial charge >= 0.3 is 12.4 Å². The molecule has 2 N–H and O–H groups in total. The van der Waals surface area contributed by atoms with Gasteiger partial charge in [0.1, 0.15) is 6.04 Å². The van der Waals surface area contributed by atoms with Gasteiger partial charge in [-0.3, -0.25) is 14.6 Å². The molecule has 3 rings (SSSR count).